The molecule has 0 spiro atoms. The zero-order valence-corrected chi connectivity index (χ0v) is 13.5. The van der Waals surface area contributed by atoms with Crippen LogP contribution in [0.25, 0.3) is 0 Å². The van der Waals surface area contributed by atoms with E-state index in [0.717, 1.165) is 4.47 Å². The van der Waals surface area contributed by atoms with Gasteiger partial charge >= 0.3 is 6.03 Å². The topological polar surface area (TPSA) is 58.2 Å². The van der Waals surface area contributed by atoms with E-state index in [1.54, 1.807) is 42.5 Å². The van der Waals surface area contributed by atoms with Crippen LogP contribution in [0.5, 0.6) is 0 Å². The average Bonchev–Trinajstić information content (AvgIpc) is 2.43. The third kappa shape index (κ3) is 4.31. The van der Waals surface area contributed by atoms with Gasteiger partial charge in [0.1, 0.15) is 0 Å². The first-order valence-electron chi connectivity index (χ1n) is 6.10. The van der Waals surface area contributed by atoms with Gasteiger partial charge in [0.15, 0.2) is 5.78 Å². The minimum absolute atomic E-state index is 0.0567. The van der Waals surface area contributed by atoms with Gasteiger partial charge in [-0.2, -0.15) is 0 Å². The van der Waals surface area contributed by atoms with Crippen LogP contribution < -0.4 is 10.6 Å². The Balaban J connectivity index is 2.06. The normalized spacial score (nSPS) is 10.0. The summed E-state index contributed by atoms with van der Waals surface area (Å²) in [5.41, 5.74) is 1.66. The summed E-state index contributed by atoms with van der Waals surface area (Å²) >= 11 is 9.24. The smallest absolute Gasteiger partial charge is 0.308 e. The van der Waals surface area contributed by atoms with E-state index in [4.69, 9.17) is 11.6 Å². The van der Waals surface area contributed by atoms with Crippen molar-refractivity contribution in [2.24, 2.45) is 0 Å². The molecule has 2 rings (SSSR count). The Labute approximate surface area is 135 Å². The minimum atomic E-state index is -0.408. The summed E-state index contributed by atoms with van der Waals surface area (Å²) in [5.74, 6) is -0.0567. The van der Waals surface area contributed by atoms with Gasteiger partial charge in [0.25, 0.3) is 0 Å². The number of carbonyl (C=O) groups is 2. The van der Waals surface area contributed by atoms with Crippen LogP contribution in [0, 0.1) is 0 Å². The van der Waals surface area contributed by atoms with E-state index in [1.165, 1.54) is 6.92 Å². The summed E-state index contributed by atoms with van der Waals surface area (Å²) in [5, 5.41) is 5.84. The van der Waals surface area contributed by atoms with Gasteiger partial charge in [-0.05, 0) is 53.2 Å². The van der Waals surface area contributed by atoms with E-state index in [9.17, 15) is 9.59 Å². The molecule has 2 aromatic carbocycles. The van der Waals surface area contributed by atoms with Crippen molar-refractivity contribution in [3.05, 3.63) is 57.5 Å². The van der Waals surface area contributed by atoms with Crippen molar-refractivity contribution in [3.63, 3.8) is 0 Å². The van der Waals surface area contributed by atoms with Crippen LogP contribution in [0.1, 0.15) is 17.3 Å². The Hall–Kier alpha value is -1.85. The highest BCUT2D eigenvalue weighted by molar-refractivity contribution is 9.10. The number of carbonyl (C=O) groups excluding carboxylic acids is 2. The standard InChI is InChI=1S/C15H12BrClN2O2/c1-9(20)10-3-2-4-11(7-10)18-15(21)19-12-5-6-13(16)14(17)8-12/h2-8H,1H3,(H2,18,19,21). The van der Waals surface area contributed by atoms with Crippen molar-refractivity contribution >= 4 is 50.7 Å². The third-order valence-electron chi connectivity index (χ3n) is 2.70. The highest BCUT2D eigenvalue weighted by Gasteiger charge is 2.06. The first-order valence-corrected chi connectivity index (χ1v) is 7.27. The van der Waals surface area contributed by atoms with Gasteiger partial charge in [0.2, 0.25) is 0 Å². The molecule has 2 amide bonds. The van der Waals surface area contributed by atoms with Crippen LogP contribution in [-0.4, -0.2) is 11.8 Å². The predicted molar refractivity (Wildman–Crippen MR) is 88.2 cm³/mol. The van der Waals surface area contributed by atoms with Gasteiger partial charge in [-0.3, -0.25) is 4.79 Å². The number of amides is 2. The number of nitrogens with one attached hydrogen (secondary N) is 2. The second kappa shape index (κ2) is 6.74. The third-order valence-corrected chi connectivity index (χ3v) is 3.94. The summed E-state index contributed by atoms with van der Waals surface area (Å²) < 4.78 is 0.754. The number of halogens is 2. The molecular weight excluding hydrogens is 356 g/mol. The van der Waals surface area contributed by atoms with Crippen molar-refractivity contribution in [2.45, 2.75) is 6.92 Å². The number of urea groups is 1. The van der Waals surface area contributed by atoms with E-state index in [2.05, 4.69) is 26.6 Å². The molecule has 0 heterocycles. The maximum atomic E-state index is 11.9. The van der Waals surface area contributed by atoms with E-state index in [-0.39, 0.29) is 5.78 Å². The Morgan fingerprint density at radius 2 is 1.71 bits per heavy atom. The van der Waals surface area contributed by atoms with Crippen molar-refractivity contribution in [1.82, 2.24) is 0 Å². The van der Waals surface area contributed by atoms with Crippen LogP contribution in [0.2, 0.25) is 5.02 Å². The quantitative estimate of drug-likeness (QED) is 0.754. The van der Waals surface area contributed by atoms with E-state index in [0.29, 0.717) is 22.0 Å². The maximum absolute atomic E-state index is 11.9. The lowest BCUT2D eigenvalue weighted by Gasteiger charge is -2.09. The molecule has 0 unspecified atom stereocenters. The average molecular weight is 368 g/mol. The van der Waals surface area contributed by atoms with Crippen LogP contribution >= 0.6 is 27.5 Å². The Bertz CT molecular complexity index is 704. The van der Waals surface area contributed by atoms with Crippen LogP contribution in [-0.2, 0) is 0 Å². The lowest BCUT2D eigenvalue weighted by atomic mass is 10.1. The fourth-order valence-electron chi connectivity index (χ4n) is 1.68. The molecular formula is C15H12BrClN2O2. The lowest BCUT2D eigenvalue weighted by molar-refractivity contribution is 0.101. The van der Waals surface area contributed by atoms with Gasteiger partial charge in [0.05, 0.1) is 5.02 Å². The number of ketones is 1. The number of hydrogen-bond acceptors (Lipinski definition) is 2. The molecule has 0 aliphatic carbocycles. The maximum Gasteiger partial charge on any atom is 0.323 e. The Morgan fingerprint density at radius 1 is 1.05 bits per heavy atom. The van der Waals surface area contributed by atoms with Crippen LogP contribution in [0.4, 0.5) is 16.2 Å². The predicted octanol–water partition coefficient (Wildman–Crippen LogP) is 4.95. The molecule has 0 aliphatic heterocycles. The molecule has 0 bridgehead atoms. The second-order valence-electron chi connectivity index (χ2n) is 4.35. The van der Waals surface area contributed by atoms with Crippen LogP contribution in [0.3, 0.4) is 0 Å². The fraction of sp³-hybridized carbons (Fsp3) is 0.0667. The molecule has 0 atom stereocenters. The zero-order chi connectivity index (χ0) is 15.4. The van der Waals surface area contributed by atoms with Crippen molar-refractivity contribution in [1.29, 1.82) is 0 Å². The number of rotatable bonds is 3. The number of anilines is 2. The molecule has 108 valence electrons. The van der Waals surface area contributed by atoms with Crippen molar-refractivity contribution in [2.75, 3.05) is 10.6 Å². The van der Waals surface area contributed by atoms with Gasteiger partial charge in [-0.15, -0.1) is 0 Å². The summed E-state index contributed by atoms with van der Waals surface area (Å²) in [6.45, 7) is 1.48. The fourth-order valence-corrected chi connectivity index (χ4v) is 2.11. The largest absolute Gasteiger partial charge is 0.323 e. The monoisotopic (exact) mass is 366 g/mol. The van der Waals surface area contributed by atoms with E-state index in [1.807, 2.05) is 0 Å². The Morgan fingerprint density at radius 3 is 2.33 bits per heavy atom. The first kappa shape index (κ1) is 15.5. The molecule has 2 aromatic rings. The molecule has 0 saturated heterocycles. The molecule has 0 fully saturated rings. The molecule has 4 nitrogen and oxygen atoms in total. The van der Waals surface area contributed by atoms with Crippen molar-refractivity contribution < 1.29 is 9.59 Å². The molecule has 6 heteroatoms. The molecule has 0 aromatic heterocycles. The highest BCUT2D eigenvalue weighted by atomic mass is 79.9. The number of benzene rings is 2. The van der Waals surface area contributed by atoms with E-state index < -0.39 is 6.03 Å². The summed E-state index contributed by atoms with van der Waals surface area (Å²) in [4.78, 5) is 23.2. The molecule has 0 aliphatic rings. The number of Topliss-reactive ketones (excluding diaryl/α,β-unsaturated/α-hetero) is 1. The van der Waals surface area contributed by atoms with E-state index >= 15 is 0 Å². The molecule has 0 saturated carbocycles. The molecule has 21 heavy (non-hydrogen) atoms. The minimum Gasteiger partial charge on any atom is -0.308 e. The molecule has 2 N–H and O–H groups in total. The number of hydrogen-bond donors (Lipinski definition) is 2. The van der Waals surface area contributed by atoms with Gasteiger partial charge in [-0.25, -0.2) is 4.79 Å². The van der Waals surface area contributed by atoms with Crippen LogP contribution in [0.15, 0.2) is 46.9 Å². The summed E-state index contributed by atoms with van der Waals surface area (Å²) in [7, 11) is 0. The Kier molecular flexibility index (Phi) is 4.98. The summed E-state index contributed by atoms with van der Waals surface area (Å²) in [6, 6.07) is 11.4. The molecule has 0 radical (unpaired) electrons. The highest BCUT2D eigenvalue weighted by Crippen LogP contribution is 2.25. The lowest BCUT2D eigenvalue weighted by Crippen LogP contribution is -2.19. The SMILES string of the molecule is CC(=O)c1cccc(NC(=O)Nc2ccc(Br)c(Cl)c2)c1. The van der Waals surface area contributed by atoms with Gasteiger partial charge < -0.3 is 10.6 Å². The van der Waals surface area contributed by atoms with Crippen molar-refractivity contribution in [3.8, 4) is 0 Å². The van der Waals surface area contributed by atoms with Gasteiger partial charge in [0, 0.05) is 21.4 Å². The summed E-state index contributed by atoms with van der Waals surface area (Å²) in [6.07, 6.45) is 0. The zero-order valence-electron chi connectivity index (χ0n) is 11.1. The second-order valence-corrected chi connectivity index (χ2v) is 5.61. The first-order chi connectivity index (χ1) is 9.95. The van der Waals surface area contributed by atoms with Gasteiger partial charge in [-0.1, -0.05) is 23.7 Å².